The maximum absolute atomic E-state index is 12.3. The highest BCUT2D eigenvalue weighted by atomic mass is 35.5. The van der Waals surface area contributed by atoms with Crippen LogP contribution in [-0.4, -0.2) is 33.9 Å². The highest BCUT2D eigenvalue weighted by Crippen LogP contribution is 2.19. The van der Waals surface area contributed by atoms with Crippen LogP contribution in [0.3, 0.4) is 0 Å². The zero-order chi connectivity index (χ0) is 19.4. The molecule has 1 heterocycles. The Hall–Kier alpha value is -2.54. The van der Waals surface area contributed by atoms with E-state index in [9.17, 15) is 9.59 Å². The van der Waals surface area contributed by atoms with Crippen LogP contribution in [0.15, 0.2) is 24.3 Å². The van der Waals surface area contributed by atoms with Gasteiger partial charge in [-0.1, -0.05) is 11.6 Å². The lowest BCUT2D eigenvalue weighted by Gasteiger charge is -2.18. The molecule has 0 bridgehead atoms. The van der Waals surface area contributed by atoms with Gasteiger partial charge in [0.1, 0.15) is 5.75 Å². The highest BCUT2D eigenvalue weighted by molar-refractivity contribution is 6.30. The number of benzene rings is 1. The molecule has 0 saturated carbocycles. The average molecular weight is 380 g/mol. The molecule has 1 amide bonds. The second-order valence-corrected chi connectivity index (χ2v) is 6.39. The molecule has 2 aromatic rings. The number of nitrogens with one attached hydrogen (secondary N) is 1. The summed E-state index contributed by atoms with van der Waals surface area (Å²) in [4.78, 5) is 24.4. The summed E-state index contributed by atoms with van der Waals surface area (Å²) in [5.74, 6) is -0.587. The van der Waals surface area contributed by atoms with Crippen molar-refractivity contribution in [2.45, 2.75) is 39.9 Å². The van der Waals surface area contributed by atoms with Crippen LogP contribution in [0.1, 0.15) is 25.2 Å². The highest BCUT2D eigenvalue weighted by Gasteiger charge is 2.24. The van der Waals surface area contributed by atoms with Crippen molar-refractivity contribution in [1.82, 2.24) is 9.78 Å². The predicted octanol–water partition coefficient (Wildman–Crippen LogP) is 3.03. The molecule has 7 nitrogen and oxygen atoms in total. The summed E-state index contributed by atoms with van der Waals surface area (Å²) < 4.78 is 12.4. The van der Waals surface area contributed by atoms with E-state index in [-0.39, 0.29) is 0 Å². The van der Waals surface area contributed by atoms with E-state index in [1.54, 1.807) is 49.8 Å². The molecule has 1 aromatic heterocycles. The summed E-state index contributed by atoms with van der Waals surface area (Å²) in [6.07, 6.45) is -1.84. The molecule has 0 radical (unpaired) electrons. The van der Waals surface area contributed by atoms with Gasteiger partial charge in [0.25, 0.3) is 5.91 Å². The van der Waals surface area contributed by atoms with Crippen LogP contribution in [0.4, 0.5) is 5.69 Å². The minimum Gasteiger partial charge on any atom is -0.479 e. The summed E-state index contributed by atoms with van der Waals surface area (Å²) in [6.45, 7) is 6.69. The molecule has 0 aliphatic heterocycles. The van der Waals surface area contributed by atoms with Gasteiger partial charge in [0.2, 0.25) is 0 Å². The van der Waals surface area contributed by atoms with Gasteiger partial charge in [0, 0.05) is 12.1 Å². The second kappa shape index (κ2) is 8.23. The van der Waals surface area contributed by atoms with E-state index in [2.05, 4.69) is 10.4 Å². The molecule has 8 heteroatoms. The van der Waals surface area contributed by atoms with Crippen LogP contribution in [0.5, 0.6) is 5.75 Å². The zero-order valence-corrected chi connectivity index (χ0v) is 16.1. The Morgan fingerprint density at radius 2 is 1.77 bits per heavy atom. The van der Waals surface area contributed by atoms with Crippen molar-refractivity contribution in [1.29, 1.82) is 0 Å². The maximum Gasteiger partial charge on any atom is 0.347 e. The molecule has 0 fully saturated rings. The number of aryl methyl sites for hydroxylation is 2. The van der Waals surface area contributed by atoms with Gasteiger partial charge in [-0.15, -0.1) is 0 Å². The molecule has 2 rings (SSSR count). The van der Waals surface area contributed by atoms with Gasteiger partial charge in [-0.2, -0.15) is 5.10 Å². The Bertz CT molecular complexity index is 802. The standard InChI is InChI=1S/C18H22ClN3O4/c1-10-16(11(2)22(5)21-10)20-17(23)12(3)26-18(24)13(4)25-15-8-6-14(19)7-9-15/h6-9,12-13H,1-5H3,(H,20,23)/t12-,13+/m1/s1. The van der Waals surface area contributed by atoms with Crippen molar-refractivity contribution in [2.75, 3.05) is 5.32 Å². The average Bonchev–Trinajstić information content (AvgIpc) is 2.82. The summed E-state index contributed by atoms with van der Waals surface area (Å²) in [6, 6.07) is 6.61. The molecule has 0 aliphatic carbocycles. The van der Waals surface area contributed by atoms with E-state index in [0.29, 0.717) is 22.2 Å². The molecule has 0 unspecified atom stereocenters. The van der Waals surface area contributed by atoms with Crippen molar-refractivity contribution in [3.05, 3.63) is 40.7 Å². The van der Waals surface area contributed by atoms with Crippen molar-refractivity contribution in [3.63, 3.8) is 0 Å². The van der Waals surface area contributed by atoms with E-state index in [1.807, 2.05) is 6.92 Å². The number of carbonyl (C=O) groups is 2. The number of ether oxygens (including phenoxy) is 2. The van der Waals surface area contributed by atoms with E-state index < -0.39 is 24.1 Å². The number of hydrogen-bond donors (Lipinski definition) is 1. The van der Waals surface area contributed by atoms with Gasteiger partial charge in [0.05, 0.1) is 17.1 Å². The number of hydrogen-bond acceptors (Lipinski definition) is 5. The molecule has 2 atom stereocenters. The fourth-order valence-electron chi connectivity index (χ4n) is 2.27. The van der Waals surface area contributed by atoms with Crippen molar-refractivity contribution in [2.24, 2.45) is 7.05 Å². The number of amides is 1. The molecule has 0 saturated heterocycles. The van der Waals surface area contributed by atoms with Gasteiger partial charge in [-0.05, 0) is 52.0 Å². The normalized spacial score (nSPS) is 13.0. The smallest absolute Gasteiger partial charge is 0.347 e. The monoisotopic (exact) mass is 379 g/mol. The molecule has 26 heavy (non-hydrogen) atoms. The molecule has 0 spiro atoms. The SMILES string of the molecule is Cc1nn(C)c(C)c1NC(=O)[C@@H](C)OC(=O)[C@H](C)Oc1ccc(Cl)cc1. The largest absolute Gasteiger partial charge is 0.479 e. The Labute approximate surface area is 157 Å². The van der Waals surface area contributed by atoms with Crippen LogP contribution in [0.2, 0.25) is 5.02 Å². The fourth-order valence-corrected chi connectivity index (χ4v) is 2.39. The molecular formula is C18H22ClN3O4. The number of anilines is 1. The summed E-state index contributed by atoms with van der Waals surface area (Å²) in [5, 5.41) is 7.54. The third-order valence-corrected chi connectivity index (χ3v) is 4.13. The lowest BCUT2D eigenvalue weighted by Crippen LogP contribution is -2.35. The van der Waals surface area contributed by atoms with E-state index in [1.165, 1.54) is 6.92 Å². The Morgan fingerprint density at radius 3 is 2.31 bits per heavy atom. The molecule has 140 valence electrons. The van der Waals surface area contributed by atoms with Gasteiger partial charge < -0.3 is 14.8 Å². The number of aromatic nitrogens is 2. The number of carbonyl (C=O) groups excluding carboxylic acids is 2. The second-order valence-electron chi connectivity index (χ2n) is 5.95. The third-order valence-electron chi connectivity index (χ3n) is 3.88. The van der Waals surface area contributed by atoms with Crippen molar-refractivity contribution >= 4 is 29.2 Å². The summed E-state index contributed by atoms with van der Waals surface area (Å²) >= 11 is 5.81. The Morgan fingerprint density at radius 1 is 1.15 bits per heavy atom. The van der Waals surface area contributed by atoms with Crippen LogP contribution >= 0.6 is 11.6 Å². The molecule has 0 aliphatic rings. The zero-order valence-electron chi connectivity index (χ0n) is 15.4. The predicted molar refractivity (Wildman–Crippen MR) is 98.4 cm³/mol. The first-order valence-electron chi connectivity index (χ1n) is 8.12. The number of nitrogens with zero attached hydrogens (tertiary/aromatic N) is 2. The Kier molecular flexibility index (Phi) is 6.26. The molecule has 1 aromatic carbocycles. The van der Waals surface area contributed by atoms with Crippen molar-refractivity contribution in [3.8, 4) is 5.75 Å². The van der Waals surface area contributed by atoms with Crippen LogP contribution in [0, 0.1) is 13.8 Å². The van der Waals surface area contributed by atoms with Crippen LogP contribution < -0.4 is 10.1 Å². The summed E-state index contributed by atoms with van der Waals surface area (Å²) in [5.41, 5.74) is 2.12. The lowest BCUT2D eigenvalue weighted by atomic mass is 10.3. The minimum absolute atomic E-state index is 0.434. The Balaban J connectivity index is 1.92. The topological polar surface area (TPSA) is 82.5 Å². The van der Waals surface area contributed by atoms with Crippen molar-refractivity contribution < 1.29 is 19.1 Å². The maximum atomic E-state index is 12.3. The van der Waals surface area contributed by atoms with Gasteiger partial charge >= 0.3 is 5.97 Å². The summed E-state index contributed by atoms with van der Waals surface area (Å²) in [7, 11) is 1.79. The number of esters is 1. The first-order chi connectivity index (χ1) is 12.2. The van der Waals surface area contributed by atoms with Gasteiger partial charge in [-0.25, -0.2) is 4.79 Å². The number of rotatable bonds is 6. The van der Waals surface area contributed by atoms with Gasteiger partial charge in [0.15, 0.2) is 12.2 Å². The van der Waals surface area contributed by atoms with E-state index >= 15 is 0 Å². The molecular weight excluding hydrogens is 358 g/mol. The first-order valence-corrected chi connectivity index (χ1v) is 8.50. The fraction of sp³-hybridized carbons (Fsp3) is 0.389. The van der Waals surface area contributed by atoms with Crippen LogP contribution in [-0.2, 0) is 21.4 Å². The third kappa shape index (κ3) is 4.76. The van der Waals surface area contributed by atoms with Crippen LogP contribution in [0.25, 0.3) is 0 Å². The number of halogens is 1. The first kappa shape index (κ1) is 19.8. The lowest BCUT2D eigenvalue weighted by molar-refractivity contribution is -0.159. The quantitative estimate of drug-likeness (QED) is 0.780. The molecule has 1 N–H and O–H groups in total. The van der Waals surface area contributed by atoms with E-state index in [4.69, 9.17) is 21.1 Å². The van der Waals surface area contributed by atoms with E-state index in [0.717, 1.165) is 5.69 Å². The minimum atomic E-state index is -0.974. The van der Waals surface area contributed by atoms with Gasteiger partial charge in [-0.3, -0.25) is 9.48 Å².